The quantitative estimate of drug-likeness (QED) is 0.428. The van der Waals surface area contributed by atoms with Crippen LogP contribution in [0.15, 0.2) is 42.6 Å². The van der Waals surface area contributed by atoms with E-state index in [1.165, 1.54) is 18.2 Å². The molecule has 5 heteroatoms. The predicted molar refractivity (Wildman–Crippen MR) is 87.0 cm³/mol. The Bertz CT molecular complexity index is 867. The number of fused-ring (bicyclic) bond motifs is 1. The highest BCUT2D eigenvalue weighted by atomic mass is 16.3. The molecular weight excluding hydrogens is 294 g/mol. The number of aryl methyl sites for hydroxylation is 1. The smallest absolute Gasteiger partial charge is 0.166 e. The van der Waals surface area contributed by atoms with E-state index in [-0.39, 0.29) is 35.0 Å². The van der Waals surface area contributed by atoms with E-state index in [0.717, 1.165) is 16.5 Å². The summed E-state index contributed by atoms with van der Waals surface area (Å²) in [5.74, 6) is -0.164. The lowest BCUT2D eigenvalue weighted by atomic mass is 10.0. The van der Waals surface area contributed by atoms with Crippen molar-refractivity contribution in [3.05, 3.63) is 53.7 Å². The molecule has 0 aliphatic carbocycles. The van der Waals surface area contributed by atoms with Gasteiger partial charge in [0.15, 0.2) is 5.78 Å². The summed E-state index contributed by atoms with van der Waals surface area (Å²) in [6, 6.07) is 9.06. The number of rotatable bonds is 5. The Hall–Kier alpha value is -2.95. The molecule has 0 amide bonds. The van der Waals surface area contributed by atoms with Crippen molar-refractivity contribution in [3.63, 3.8) is 0 Å². The van der Waals surface area contributed by atoms with Crippen LogP contribution in [0.25, 0.3) is 10.9 Å². The van der Waals surface area contributed by atoms with E-state index in [2.05, 4.69) is 4.98 Å². The Morgan fingerprint density at radius 2 is 1.74 bits per heavy atom. The number of phenolic OH excluding ortho intramolecular Hbond substituents is 3. The minimum Gasteiger partial charge on any atom is -0.508 e. The van der Waals surface area contributed by atoms with Crippen LogP contribution in [0.4, 0.5) is 0 Å². The zero-order chi connectivity index (χ0) is 16.4. The largest absolute Gasteiger partial charge is 0.508 e. The number of H-pyrrole nitrogens is 1. The van der Waals surface area contributed by atoms with Crippen molar-refractivity contribution >= 4 is 16.7 Å². The van der Waals surface area contributed by atoms with E-state index in [0.29, 0.717) is 12.8 Å². The predicted octanol–water partition coefficient (Wildman–Crippen LogP) is 3.49. The van der Waals surface area contributed by atoms with E-state index < -0.39 is 0 Å². The fourth-order valence-electron chi connectivity index (χ4n) is 2.69. The van der Waals surface area contributed by atoms with E-state index in [1.54, 1.807) is 12.1 Å². The van der Waals surface area contributed by atoms with Crippen LogP contribution in [0, 0.1) is 0 Å². The molecule has 0 unspecified atom stereocenters. The Labute approximate surface area is 132 Å². The average Bonchev–Trinajstić information content (AvgIpc) is 2.92. The fraction of sp³-hybridized carbons (Fsp3) is 0.167. The van der Waals surface area contributed by atoms with E-state index in [9.17, 15) is 20.1 Å². The number of benzene rings is 2. The number of hydrogen-bond donors (Lipinski definition) is 4. The molecule has 118 valence electrons. The molecule has 0 radical (unpaired) electrons. The number of nitrogens with one attached hydrogen (secondary N) is 1. The van der Waals surface area contributed by atoms with Gasteiger partial charge in [-0.1, -0.05) is 0 Å². The van der Waals surface area contributed by atoms with Gasteiger partial charge in [0.2, 0.25) is 0 Å². The lowest BCUT2D eigenvalue weighted by Gasteiger charge is -2.05. The number of hydrogen-bond acceptors (Lipinski definition) is 4. The van der Waals surface area contributed by atoms with Gasteiger partial charge in [-0.15, -0.1) is 0 Å². The van der Waals surface area contributed by atoms with Gasteiger partial charge in [0.1, 0.15) is 17.2 Å². The first-order valence-electron chi connectivity index (χ1n) is 7.39. The molecule has 0 fully saturated rings. The molecule has 0 aliphatic rings. The normalized spacial score (nSPS) is 11.0. The number of carbonyl (C=O) groups is 1. The number of ketones is 1. The van der Waals surface area contributed by atoms with E-state index >= 15 is 0 Å². The summed E-state index contributed by atoms with van der Waals surface area (Å²) in [5.41, 5.74) is 2.11. The molecule has 23 heavy (non-hydrogen) atoms. The average molecular weight is 311 g/mol. The zero-order valence-electron chi connectivity index (χ0n) is 12.4. The summed E-state index contributed by atoms with van der Waals surface area (Å²) in [5, 5.41) is 29.6. The summed E-state index contributed by atoms with van der Waals surface area (Å²) in [6.45, 7) is 0. The maximum absolute atomic E-state index is 12.1. The van der Waals surface area contributed by atoms with Crippen LogP contribution in [-0.4, -0.2) is 26.1 Å². The minimum absolute atomic E-state index is 0.0433. The first-order valence-corrected chi connectivity index (χ1v) is 7.39. The Morgan fingerprint density at radius 1 is 1.00 bits per heavy atom. The molecule has 3 aromatic rings. The molecular formula is C18H17NO4. The SMILES string of the molecule is O=C(CCCc1c[nH]c2ccc(O)cc12)c1cc(O)ccc1O. The summed E-state index contributed by atoms with van der Waals surface area (Å²) >= 11 is 0. The van der Waals surface area contributed by atoms with Gasteiger partial charge in [0.25, 0.3) is 0 Å². The number of Topliss-reactive ketones (excluding diaryl/α,β-unsaturated/α-hetero) is 1. The number of aromatic hydroxyl groups is 3. The second kappa shape index (κ2) is 6.04. The molecule has 0 saturated carbocycles. The van der Waals surface area contributed by atoms with Crippen LogP contribution >= 0.6 is 0 Å². The molecule has 0 spiro atoms. The maximum Gasteiger partial charge on any atom is 0.166 e. The summed E-state index contributed by atoms with van der Waals surface area (Å²) < 4.78 is 0. The molecule has 4 N–H and O–H groups in total. The van der Waals surface area contributed by atoms with Crippen molar-refractivity contribution in [2.24, 2.45) is 0 Å². The lowest BCUT2D eigenvalue weighted by molar-refractivity contribution is 0.0977. The van der Waals surface area contributed by atoms with Crippen molar-refractivity contribution < 1.29 is 20.1 Å². The van der Waals surface area contributed by atoms with Gasteiger partial charge >= 0.3 is 0 Å². The molecule has 0 bridgehead atoms. The first-order chi connectivity index (χ1) is 11.0. The Kier molecular flexibility index (Phi) is 3.93. The lowest BCUT2D eigenvalue weighted by Crippen LogP contribution is -2.00. The standard InChI is InChI=1S/C18H17NO4/c20-12-4-6-16-14(8-12)11(10-19-16)2-1-3-17(22)15-9-13(21)5-7-18(15)23/h4-10,19-21,23H,1-3H2. The molecule has 5 nitrogen and oxygen atoms in total. The maximum atomic E-state index is 12.1. The van der Waals surface area contributed by atoms with Crippen molar-refractivity contribution in [2.75, 3.05) is 0 Å². The summed E-state index contributed by atoms with van der Waals surface area (Å²) in [6.07, 6.45) is 3.42. The van der Waals surface area contributed by atoms with Gasteiger partial charge in [-0.05, 0) is 54.8 Å². The zero-order valence-corrected chi connectivity index (χ0v) is 12.4. The van der Waals surface area contributed by atoms with Crippen LogP contribution in [0.5, 0.6) is 17.2 Å². The van der Waals surface area contributed by atoms with Crippen molar-refractivity contribution in [3.8, 4) is 17.2 Å². The highest BCUT2D eigenvalue weighted by Crippen LogP contribution is 2.26. The third-order valence-corrected chi connectivity index (χ3v) is 3.88. The van der Waals surface area contributed by atoms with Gasteiger partial charge < -0.3 is 20.3 Å². The second-order valence-electron chi connectivity index (χ2n) is 5.52. The monoisotopic (exact) mass is 311 g/mol. The molecule has 0 atom stereocenters. The third-order valence-electron chi connectivity index (χ3n) is 3.88. The topological polar surface area (TPSA) is 93.6 Å². The van der Waals surface area contributed by atoms with Gasteiger partial charge in [-0.3, -0.25) is 4.79 Å². The van der Waals surface area contributed by atoms with Crippen LogP contribution in [0.2, 0.25) is 0 Å². The van der Waals surface area contributed by atoms with Crippen molar-refractivity contribution in [2.45, 2.75) is 19.3 Å². The number of aromatic amines is 1. The van der Waals surface area contributed by atoms with E-state index in [4.69, 9.17) is 0 Å². The molecule has 1 heterocycles. The minimum atomic E-state index is -0.207. The fourth-order valence-corrected chi connectivity index (χ4v) is 2.69. The van der Waals surface area contributed by atoms with Crippen LogP contribution in [0.3, 0.4) is 0 Å². The van der Waals surface area contributed by atoms with Crippen LogP contribution < -0.4 is 0 Å². The molecule has 2 aromatic carbocycles. The van der Waals surface area contributed by atoms with Crippen molar-refractivity contribution in [1.29, 1.82) is 0 Å². The highest BCUT2D eigenvalue weighted by molar-refractivity contribution is 5.99. The third kappa shape index (κ3) is 3.13. The van der Waals surface area contributed by atoms with Crippen LogP contribution in [0.1, 0.15) is 28.8 Å². The van der Waals surface area contributed by atoms with Gasteiger partial charge in [0, 0.05) is 23.5 Å². The molecule has 3 rings (SSSR count). The van der Waals surface area contributed by atoms with Gasteiger partial charge in [-0.2, -0.15) is 0 Å². The number of carbonyl (C=O) groups excluding carboxylic acids is 1. The molecule has 0 saturated heterocycles. The Morgan fingerprint density at radius 3 is 2.57 bits per heavy atom. The second-order valence-corrected chi connectivity index (χ2v) is 5.52. The molecule has 0 aliphatic heterocycles. The summed E-state index contributed by atoms with van der Waals surface area (Å²) in [7, 11) is 0. The van der Waals surface area contributed by atoms with Crippen molar-refractivity contribution in [1.82, 2.24) is 4.98 Å². The van der Waals surface area contributed by atoms with Crippen LogP contribution in [-0.2, 0) is 6.42 Å². The number of aromatic nitrogens is 1. The highest BCUT2D eigenvalue weighted by Gasteiger charge is 2.12. The Balaban J connectivity index is 1.67. The first kappa shape index (κ1) is 15.0. The molecule has 1 aromatic heterocycles. The number of phenols is 3. The van der Waals surface area contributed by atoms with Gasteiger partial charge in [-0.25, -0.2) is 0 Å². The van der Waals surface area contributed by atoms with Gasteiger partial charge in [0.05, 0.1) is 5.56 Å². The van der Waals surface area contributed by atoms with E-state index in [1.807, 2.05) is 12.3 Å². The summed E-state index contributed by atoms with van der Waals surface area (Å²) in [4.78, 5) is 15.3.